The van der Waals surface area contributed by atoms with Crippen molar-refractivity contribution in [3.63, 3.8) is 0 Å². The summed E-state index contributed by atoms with van der Waals surface area (Å²) in [4.78, 5) is 9.88. The minimum Gasteiger partial charge on any atom is -0.454 e. The van der Waals surface area contributed by atoms with E-state index in [1.54, 1.807) is 12.3 Å². The van der Waals surface area contributed by atoms with Gasteiger partial charge in [-0.1, -0.05) is 22.8 Å². The van der Waals surface area contributed by atoms with E-state index in [-0.39, 0.29) is 6.79 Å². The summed E-state index contributed by atoms with van der Waals surface area (Å²) in [5, 5.41) is 7.93. The van der Waals surface area contributed by atoms with Crippen LogP contribution >= 0.6 is 22.9 Å². The van der Waals surface area contributed by atoms with Crippen LogP contribution in [0.4, 0.5) is 5.82 Å². The first kappa shape index (κ1) is 15.4. The average Bonchev–Trinajstić information content (AvgIpc) is 3.38. The minimum absolute atomic E-state index is 0.257. The minimum atomic E-state index is 0.257. The molecule has 0 bridgehead atoms. The Morgan fingerprint density at radius 3 is 2.92 bits per heavy atom. The maximum atomic E-state index is 6.17. The summed E-state index contributed by atoms with van der Waals surface area (Å²) in [6.45, 7) is 0.818. The van der Waals surface area contributed by atoms with Gasteiger partial charge >= 0.3 is 0 Å². The van der Waals surface area contributed by atoms with Gasteiger partial charge in [-0.05, 0) is 23.8 Å². The number of thiophene rings is 1. The normalized spacial score (nSPS) is 12.7. The van der Waals surface area contributed by atoms with Gasteiger partial charge in [0.2, 0.25) is 18.4 Å². The number of nitrogens with zero attached hydrogens (tertiary/aromatic N) is 3. The quantitative estimate of drug-likeness (QED) is 0.558. The van der Waals surface area contributed by atoms with Crippen LogP contribution in [0, 0.1) is 0 Å². The highest BCUT2D eigenvalue weighted by molar-refractivity contribution is 7.22. The van der Waals surface area contributed by atoms with E-state index in [1.165, 1.54) is 11.3 Å². The standard InChI is InChI=1S/C17H11ClN4O3S/c18-14-6-10-15(19-7-9-1-2-11-13(5-9)24-8-23-11)21-16(22-17(10)26-14)12-3-4-20-25-12/h1-6H,7-8H2,(H,19,21,22). The molecular weight excluding hydrogens is 376 g/mol. The molecule has 1 N–H and O–H groups in total. The second-order valence-electron chi connectivity index (χ2n) is 5.58. The molecule has 1 aliphatic heterocycles. The maximum absolute atomic E-state index is 6.17. The summed E-state index contributed by atoms with van der Waals surface area (Å²) >= 11 is 7.56. The molecule has 4 heterocycles. The molecule has 4 aromatic rings. The van der Waals surface area contributed by atoms with E-state index in [4.69, 9.17) is 25.6 Å². The van der Waals surface area contributed by atoms with Gasteiger partial charge in [-0.25, -0.2) is 9.97 Å². The first-order chi connectivity index (χ1) is 12.8. The third kappa shape index (κ3) is 2.73. The van der Waals surface area contributed by atoms with E-state index in [0.29, 0.717) is 28.3 Å². The van der Waals surface area contributed by atoms with Crippen LogP contribution in [-0.2, 0) is 6.54 Å². The zero-order valence-electron chi connectivity index (χ0n) is 13.2. The van der Waals surface area contributed by atoms with Crippen LogP contribution in [0.5, 0.6) is 11.5 Å². The van der Waals surface area contributed by atoms with Crippen molar-refractivity contribution < 1.29 is 14.0 Å². The van der Waals surface area contributed by atoms with Crippen molar-refractivity contribution >= 4 is 39.0 Å². The van der Waals surface area contributed by atoms with Gasteiger partial charge < -0.3 is 19.3 Å². The number of anilines is 1. The summed E-state index contributed by atoms with van der Waals surface area (Å²) in [5.74, 6) is 3.15. The van der Waals surface area contributed by atoms with Crippen LogP contribution in [0.2, 0.25) is 4.34 Å². The molecule has 0 atom stereocenters. The Hall–Kier alpha value is -2.84. The molecule has 130 valence electrons. The summed E-state index contributed by atoms with van der Waals surface area (Å²) in [7, 11) is 0. The van der Waals surface area contributed by atoms with Crippen molar-refractivity contribution in [2.75, 3.05) is 12.1 Å². The lowest BCUT2D eigenvalue weighted by molar-refractivity contribution is 0.174. The van der Waals surface area contributed by atoms with Gasteiger partial charge in [0.05, 0.1) is 15.9 Å². The highest BCUT2D eigenvalue weighted by Crippen LogP contribution is 2.35. The second kappa shape index (κ2) is 6.15. The number of hydrogen-bond acceptors (Lipinski definition) is 8. The molecule has 26 heavy (non-hydrogen) atoms. The van der Waals surface area contributed by atoms with Crippen LogP contribution in [0.15, 0.2) is 41.1 Å². The molecule has 3 aromatic heterocycles. The predicted octanol–water partition coefficient (Wildman–Crippen LogP) is 4.34. The summed E-state index contributed by atoms with van der Waals surface area (Å²) in [5.41, 5.74) is 1.04. The number of hydrogen-bond donors (Lipinski definition) is 1. The number of benzene rings is 1. The molecule has 1 aromatic carbocycles. The summed E-state index contributed by atoms with van der Waals surface area (Å²) in [6.07, 6.45) is 1.56. The summed E-state index contributed by atoms with van der Waals surface area (Å²) in [6, 6.07) is 9.41. The third-order valence-electron chi connectivity index (χ3n) is 3.92. The number of nitrogens with one attached hydrogen (secondary N) is 1. The molecule has 0 spiro atoms. The molecule has 5 rings (SSSR count). The Kier molecular flexibility index (Phi) is 3.65. The van der Waals surface area contributed by atoms with Crippen LogP contribution in [-0.4, -0.2) is 21.9 Å². The van der Waals surface area contributed by atoms with Gasteiger partial charge in [-0.2, -0.15) is 0 Å². The van der Waals surface area contributed by atoms with E-state index in [9.17, 15) is 0 Å². The Morgan fingerprint density at radius 2 is 2.04 bits per heavy atom. The molecular formula is C17H11ClN4O3S. The van der Waals surface area contributed by atoms with Crippen molar-refractivity contribution in [2.45, 2.75) is 6.54 Å². The van der Waals surface area contributed by atoms with Crippen LogP contribution in [0.25, 0.3) is 21.8 Å². The molecule has 7 nitrogen and oxygen atoms in total. The van der Waals surface area contributed by atoms with E-state index < -0.39 is 0 Å². The fourth-order valence-corrected chi connectivity index (χ4v) is 3.79. The van der Waals surface area contributed by atoms with Crippen molar-refractivity contribution in [1.82, 2.24) is 15.1 Å². The van der Waals surface area contributed by atoms with Crippen molar-refractivity contribution in [3.8, 4) is 23.1 Å². The molecule has 0 amide bonds. The number of ether oxygens (including phenoxy) is 2. The largest absolute Gasteiger partial charge is 0.454 e. The first-order valence-electron chi connectivity index (χ1n) is 7.77. The molecule has 0 saturated heterocycles. The van der Waals surface area contributed by atoms with E-state index >= 15 is 0 Å². The molecule has 0 fully saturated rings. The molecule has 1 aliphatic rings. The van der Waals surface area contributed by atoms with Crippen molar-refractivity contribution in [1.29, 1.82) is 0 Å². The number of halogens is 1. The molecule has 9 heteroatoms. The Morgan fingerprint density at radius 1 is 1.12 bits per heavy atom. The van der Waals surface area contributed by atoms with Gasteiger partial charge in [0.25, 0.3) is 0 Å². The van der Waals surface area contributed by atoms with Crippen molar-refractivity contribution in [2.24, 2.45) is 0 Å². The highest BCUT2D eigenvalue weighted by Gasteiger charge is 2.16. The van der Waals surface area contributed by atoms with E-state index in [0.717, 1.165) is 27.3 Å². The monoisotopic (exact) mass is 386 g/mol. The first-order valence-corrected chi connectivity index (χ1v) is 8.96. The third-order valence-corrected chi connectivity index (χ3v) is 5.08. The van der Waals surface area contributed by atoms with E-state index in [1.807, 2.05) is 24.3 Å². The van der Waals surface area contributed by atoms with Crippen molar-refractivity contribution in [3.05, 3.63) is 46.4 Å². The number of fused-ring (bicyclic) bond motifs is 2. The zero-order chi connectivity index (χ0) is 17.5. The Balaban J connectivity index is 1.49. The fourth-order valence-electron chi connectivity index (χ4n) is 2.70. The fraction of sp³-hybridized carbons (Fsp3) is 0.118. The lowest BCUT2D eigenvalue weighted by Crippen LogP contribution is -2.03. The topological polar surface area (TPSA) is 82.3 Å². The molecule has 0 aliphatic carbocycles. The van der Waals surface area contributed by atoms with E-state index in [2.05, 4.69) is 20.4 Å². The van der Waals surface area contributed by atoms with Gasteiger partial charge in [0.1, 0.15) is 10.6 Å². The van der Waals surface area contributed by atoms with Crippen LogP contribution in [0.3, 0.4) is 0 Å². The van der Waals surface area contributed by atoms with Crippen LogP contribution < -0.4 is 14.8 Å². The predicted molar refractivity (Wildman–Crippen MR) is 97.8 cm³/mol. The Bertz CT molecular complexity index is 1100. The number of rotatable bonds is 4. The average molecular weight is 387 g/mol. The van der Waals surface area contributed by atoms with Gasteiger partial charge in [-0.15, -0.1) is 11.3 Å². The van der Waals surface area contributed by atoms with Gasteiger partial charge in [0, 0.05) is 12.6 Å². The molecule has 0 saturated carbocycles. The SMILES string of the molecule is Clc1cc2c(NCc3ccc4c(c3)OCO4)nc(-c3ccno3)nc2s1. The smallest absolute Gasteiger partial charge is 0.231 e. The van der Waals surface area contributed by atoms with Gasteiger partial charge in [0.15, 0.2) is 11.5 Å². The maximum Gasteiger partial charge on any atom is 0.231 e. The highest BCUT2D eigenvalue weighted by atomic mass is 35.5. The lowest BCUT2D eigenvalue weighted by Gasteiger charge is -2.08. The lowest BCUT2D eigenvalue weighted by atomic mass is 10.2. The molecule has 0 radical (unpaired) electrons. The van der Waals surface area contributed by atoms with Crippen LogP contribution in [0.1, 0.15) is 5.56 Å². The number of aromatic nitrogens is 3. The Labute approximate surface area is 156 Å². The van der Waals surface area contributed by atoms with Gasteiger partial charge in [-0.3, -0.25) is 0 Å². The summed E-state index contributed by atoms with van der Waals surface area (Å²) < 4.78 is 16.6. The second-order valence-corrected chi connectivity index (χ2v) is 7.24. The molecule has 0 unspecified atom stereocenters. The zero-order valence-corrected chi connectivity index (χ0v) is 14.8.